The average molecular weight is 368 g/mol. The number of urea groups is 1. The van der Waals surface area contributed by atoms with E-state index in [0.29, 0.717) is 17.3 Å². The molecule has 1 aromatic heterocycles. The van der Waals surface area contributed by atoms with E-state index in [9.17, 15) is 9.59 Å². The van der Waals surface area contributed by atoms with Crippen LogP contribution < -0.4 is 16.0 Å². The Hall–Kier alpha value is -2.93. The fraction of sp³-hybridized carbons (Fsp3) is 0.350. The summed E-state index contributed by atoms with van der Waals surface area (Å²) in [5.74, 6) is 0.170. The Labute approximate surface area is 158 Å². The number of nitrogens with one attached hydrogen (secondary N) is 3. The number of carbonyl (C=O) groups excluding carboxylic acids is 2. The van der Waals surface area contributed by atoms with Crippen LogP contribution in [-0.2, 0) is 9.53 Å². The third-order valence-electron chi connectivity index (χ3n) is 4.29. The number of pyridine rings is 1. The van der Waals surface area contributed by atoms with Gasteiger partial charge in [0.1, 0.15) is 6.61 Å². The summed E-state index contributed by atoms with van der Waals surface area (Å²) < 4.78 is 4.80. The Morgan fingerprint density at radius 1 is 1.15 bits per heavy atom. The number of ether oxygens (including phenoxy) is 1. The number of methoxy groups -OCH3 is 1. The minimum absolute atomic E-state index is 0.0231. The van der Waals surface area contributed by atoms with Crippen LogP contribution in [0.4, 0.5) is 16.2 Å². The van der Waals surface area contributed by atoms with Crippen LogP contribution in [0.25, 0.3) is 0 Å². The molecule has 1 aliphatic carbocycles. The Balaban J connectivity index is 1.63. The van der Waals surface area contributed by atoms with E-state index in [1.807, 2.05) is 25.1 Å². The van der Waals surface area contributed by atoms with E-state index in [0.717, 1.165) is 24.2 Å². The zero-order valence-electron chi connectivity index (χ0n) is 15.5. The standard InChI is InChI=1S/C20H24N4O3/c1-13-5-3-8-17(21-13)19(14-9-10-14)24-20(26)23-16-7-4-6-15(11-16)22-18(25)12-27-2/h3-8,11,14,19H,9-10,12H2,1-2H3,(H,22,25)(H2,23,24,26). The van der Waals surface area contributed by atoms with Crippen molar-refractivity contribution < 1.29 is 14.3 Å². The molecule has 142 valence electrons. The maximum Gasteiger partial charge on any atom is 0.319 e. The average Bonchev–Trinajstić information content (AvgIpc) is 3.45. The van der Waals surface area contributed by atoms with Gasteiger partial charge in [-0.1, -0.05) is 12.1 Å². The zero-order chi connectivity index (χ0) is 19.2. The molecule has 0 spiro atoms. The molecule has 3 N–H and O–H groups in total. The molecule has 0 radical (unpaired) electrons. The molecule has 7 nitrogen and oxygen atoms in total. The number of carbonyl (C=O) groups is 2. The van der Waals surface area contributed by atoms with E-state index in [2.05, 4.69) is 20.9 Å². The van der Waals surface area contributed by atoms with E-state index in [-0.39, 0.29) is 24.6 Å². The predicted octanol–water partition coefficient (Wildman–Crippen LogP) is 3.25. The number of aromatic nitrogens is 1. The molecule has 1 saturated carbocycles. The van der Waals surface area contributed by atoms with Crippen LogP contribution in [0.15, 0.2) is 42.5 Å². The van der Waals surface area contributed by atoms with Gasteiger partial charge in [-0.05, 0) is 56.0 Å². The Morgan fingerprint density at radius 3 is 2.52 bits per heavy atom. The number of amides is 3. The van der Waals surface area contributed by atoms with Gasteiger partial charge < -0.3 is 20.7 Å². The molecule has 0 bridgehead atoms. The summed E-state index contributed by atoms with van der Waals surface area (Å²) in [6.07, 6.45) is 2.17. The maximum atomic E-state index is 12.5. The summed E-state index contributed by atoms with van der Waals surface area (Å²) in [6.45, 7) is 1.92. The zero-order valence-corrected chi connectivity index (χ0v) is 15.5. The van der Waals surface area contributed by atoms with Gasteiger partial charge in [0.2, 0.25) is 5.91 Å². The monoisotopic (exact) mass is 368 g/mol. The molecule has 3 amide bonds. The van der Waals surface area contributed by atoms with E-state index >= 15 is 0 Å². The third-order valence-corrected chi connectivity index (χ3v) is 4.29. The van der Waals surface area contributed by atoms with Crippen molar-refractivity contribution in [2.24, 2.45) is 5.92 Å². The smallest absolute Gasteiger partial charge is 0.319 e. The fourth-order valence-electron chi connectivity index (χ4n) is 2.91. The van der Waals surface area contributed by atoms with Gasteiger partial charge in [0.25, 0.3) is 0 Å². The highest BCUT2D eigenvalue weighted by molar-refractivity contribution is 5.94. The first-order chi connectivity index (χ1) is 13.0. The number of hydrogen-bond donors (Lipinski definition) is 3. The number of rotatable bonds is 7. The molecule has 2 aromatic rings. The summed E-state index contributed by atoms with van der Waals surface area (Å²) in [5.41, 5.74) is 3.00. The third kappa shape index (κ3) is 5.52. The van der Waals surface area contributed by atoms with Gasteiger partial charge in [0.15, 0.2) is 0 Å². The first kappa shape index (κ1) is 18.8. The Kier molecular flexibility index (Phi) is 6.03. The minimum Gasteiger partial charge on any atom is -0.375 e. The van der Waals surface area contributed by atoms with Gasteiger partial charge in [-0.15, -0.1) is 0 Å². The summed E-state index contributed by atoms with van der Waals surface area (Å²) in [5, 5.41) is 8.57. The summed E-state index contributed by atoms with van der Waals surface area (Å²) in [4.78, 5) is 28.7. The molecular weight excluding hydrogens is 344 g/mol. The van der Waals surface area contributed by atoms with Crippen molar-refractivity contribution in [1.29, 1.82) is 0 Å². The van der Waals surface area contributed by atoms with Crippen molar-refractivity contribution in [3.63, 3.8) is 0 Å². The topological polar surface area (TPSA) is 92.4 Å². The predicted molar refractivity (Wildman–Crippen MR) is 104 cm³/mol. The lowest BCUT2D eigenvalue weighted by molar-refractivity contribution is -0.119. The second kappa shape index (κ2) is 8.64. The van der Waals surface area contributed by atoms with Gasteiger partial charge in [-0.25, -0.2) is 4.79 Å². The lowest BCUT2D eigenvalue weighted by Gasteiger charge is -2.19. The SMILES string of the molecule is COCC(=O)Nc1cccc(NC(=O)NC(c2cccc(C)n2)C2CC2)c1. The van der Waals surface area contributed by atoms with Crippen molar-refractivity contribution in [2.75, 3.05) is 24.4 Å². The molecule has 0 aliphatic heterocycles. The van der Waals surface area contributed by atoms with Crippen molar-refractivity contribution in [1.82, 2.24) is 10.3 Å². The Morgan fingerprint density at radius 2 is 1.85 bits per heavy atom. The lowest BCUT2D eigenvalue weighted by atomic mass is 10.1. The molecule has 1 heterocycles. The molecule has 1 aromatic carbocycles. The first-order valence-corrected chi connectivity index (χ1v) is 8.95. The van der Waals surface area contributed by atoms with Crippen LogP contribution in [0.5, 0.6) is 0 Å². The number of nitrogens with zero attached hydrogens (tertiary/aromatic N) is 1. The lowest BCUT2D eigenvalue weighted by Crippen LogP contribution is -2.34. The van der Waals surface area contributed by atoms with Crippen LogP contribution in [0.2, 0.25) is 0 Å². The number of benzene rings is 1. The molecule has 1 aliphatic rings. The number of anilines is 2. The number of hydrogen-bond acceptors (Lipinski definition) is 4. The molecular formula is C20H24N4O3. The van der Waals surface area contributed by atoms with Crippen LogP contribution >= 0.6 is 0 Å². The van der Waals surface area contributed by atoms with Crippen molar-refractivity contribution in [3.05, 3.63) is 53.9 Å². The normalized spacial score (nSPS) is 14.3. The summed E-state index contributed by atoms with van der Waals surface area (Å²) in [7, 11) is 1.46. The van der Waals surface area contributed by atoms with Crippen LogP contribution in [0.1, 0.15) is 30.3 Å². The second-order valence-electron chi connectivity index (χ2n) is 6.68. The van der Waals surface area contributed by atoms with E-state index in [4.69, 9.17) is 4.74 Å². The number of aryl methyl sites for hydroxylation is 1. The molecule has 1 fully saturated rings. The highest BCUT2D eigenvalue weighted by Crippen LogP contribution is 2.40. The molecule has 27 heavy (non-hydrogen) atoms. The van der Waals surface area contributed by atoms with Gasteiger partial charge in [-0.2, -0.15) is 0 Å². The molecule has 3 rings (SSSR count). The summed E-state index contributed by atoms with van der Waals surface area (Å²) >= 11 is 0. The molecule has 7 heteroatoms. The Bertz CT molecular complexity index is 820. The largest absolute Gasteiger partial charge is 0.375 e. The van der Waals surface area contributed by atoms with Crippen molar-refractivity contribution >= 4 is 23.3 Å². The van der Waals surface area contributed by atoms with Gasteiger partial charge in [-0.3, -0.25) is 9.78 Å². The molecule has 1 atom stereocenters. The van der Waals surface area contributed by atoms with Crippen molar-refractivity contribution in [2.45, 2.75) is 25.8 Å². The van der Waals surface area contributed by atoms with Crippen LogP contribution in [0.3, 0.4) is 0 Å². The van der Waals surface area contributed by atoms with E-state index < -0.39 is 0 Å². The fourth-order valence-corrected chi connectivity index (χ4v) is 2.91. The highest BCUT2D eigenvalue weighted by Gasteiger charge is 2.34. The van der Waals surface area contributed by atoms with Gasteiger partial charge in [0.05, 0.1) is 11.7 Å². The highest BCUT2D eigenvalue weighted by atomic mass is 16.5. The molecule has 1 unspecified atom stereocenters. The van der Waals surface area contributed by atoms with E-state index in [1.165, 1.54) is 7.11 Å². The molecule has 0 saturated heterocycles. The summed E-state index contributed by atoms with van der Waals surface area (Å²) in [6, 6.07) is 12.4. The second-order valence-corrected chi connectivity index (χ2v) is 6.68. The van der Waals surface area contributed by atoms with Crippen LogP contribution in [0, 0.1) is 12.8 Å². The van der Waals surface area contributed by atoms with Gasteiger partial charge in [0, 0.05) is 24.2 Å². The maximum absolute atomic E-state index is 12.5. The van der Waals surface area contributed by atoms with Crippen molar-refractivity contribution in [3.8, 4) is 0 Å². The van der Waals surface area contributed by atoms with Crippen LogP contribution in [-0.4, -0.2) is 30.6 Å². The first-order valence-electron chi connectivity index (χ1n) is 8.95. The van der Waals surface area contributed by atoms with E-state index in [1.54, 1.807) is 24.3 Å². The van der Waals surface area contributed by atoms with Gasteiger partial charge >= 0.3 is 6.03 Å². The minimum atomic E-state index is -0.296. The quantitative estimate of drug-likeness (QED) is 0.699.